The summed E-state index contributed by atoms with van der Waals surface area (Å²) in [6.45, 7) is -0.201. The fourth-order valence-electron chi connectivity index (χ4n) is 2.16. The summed E-state index contributed by atoms with van der Waals surface area (Å²) in [5.41, 5.74) is 5.64. The molecule has 0 aromatic rings. The second kappa shape index (κ2) is 3.24. The molecule has 2 fully saturated rings. The van der Waals surface area contributed by atoms with Gasteiger partial charge in [0.2, 0.25) is 5.91 Å². The fraction of sp³-hybridized carbons (Fsp3) is 0.778. The highest BCUT2D eigenvalue weighted by Gasteiger charge is 2.47. The molecule has 0 unspecified atom stereocenters. The molecule has 0 bridgehead atoms. The minimum absolute atomic E-state index is 0.146. The largest absolute Gasteiger partial charge is 0.480 e. The number of carbonyl (C=O) groups is 2. The zero-order chi connectivity index (χ0) is 10.3. The van der Waals surface area contributed by atoms with Gasteiger partial charge in [-0.1, -0.05) is 0 Å². The van der Waals surface area contributed by atoms with Crippen molar-refractivity contribution in [3.8, 4) is 0 Å². The van der Waals surface area contributed by atoms with E-state index in [1.165, 1.54) is 4.90 Å². The van der Waals surface area contributed by atoms with E-state index in [2.05, 4.69) is 0 Å². The van der Waals surface area contributed by atoms with Crippen LogP contribution in [0.25, 0.3) is 0 Å². The van der Waals surface area contributed by atoms with Crippen LogP contribution in [0.1, 0.15) is 19.3 Å². The van der Waals surface area contributed by atoms with E-state index in [4.69, 9.17) is 10.8 Å². The van der Waals surface area contributed by atoms with E-state index in [1.54, 1.807) is 0 Å². The zero-order valence-electron chi connectivity index (χ0n) is 7.85. The van der Waals surface area contributed by atoms with Crippen LogP contribution in [-0.4, -0.2) is 40.5 Å². The third-order valence-corrected chi connectivity index (χ3v) is 3.04. The molecule has 78 valence electrons. The molecular weight excluding hydrogens is 184 g/mol. The topological polar surface area (TPSA) is 83.6 Å². The molecule has 3 atom stereocenters. The molecule has 1 heterocycles. The lowest BCUT2D eigenvalue weighted by Crippen LogP contribution is -2.46. The van der Waals surface area contributed by atoms with E-state index >= 15 is 0 Å². The van der Waals surface area contributed by atoms with Crippen LogP contribution in [0, 0.1) is 5.92 Å². The van der Waals surface area contributed by atoms with Gasteiger partial charge in [-0.15, -0.1) is 0 Å². The Bertz CT molecular complexity index is 279. The maximum absolute atomic E-state index is 11.7. The molecule has 1 saturated heterocycles. The lowest BCUT2D eigenvalue weighted by atomic mass is 10.1. The first-order valence-electron chi connectivity index (χ1n) is 4.87. The van der Waals surface area contributed by atoms with Gasteiger partial charge >= 0.3 is 5.97 Å². The molecule has 5 heteroatoms. The van der Waals surface area contributed by atoms with Gasteiger partial charge in [0.15, 0.2) is 0 Å². The number of aliphatic carboxylic acids is 1. The molecule has 1 amide bonds. The van der Waals surface area contributed by atoms with Crippen molar-refractivity contribution in [3.63, 3.8) is 0 Å². The quantitative estimate of drug-likeness (QED) is 0.621. The van der Waals surface area contributed by atoms with Gasteiger partial charge in [-0.05, 0) is 25.2 Å². The first-order valence-corrected chi connectivity index (χ1v) is 4.87. The highest BCUT2D eigenvalue weighted by atomic mass is 16.4. The Morgan fingerprint density at radius 3 is 2.93 bits per heavy atom. The number of carbonyl (C=O) groups excluding carboxylic acids is 1. The van der Waals surface area contributed by atoms with Crippen LogP contribution in [0.2, 0.25) is 0 Å². The highest BCUT2D eigenvalue weighted by molar-refractivity contribution is 5.86. The zero-order valence-corrected chi connectivity index (χ0v) is 7.85. The number of carboxylic acids is 1. The summed E-state index contributed by atoms with van der Waals surface area (Å²) >= 11 is 0. The average Bonchev–Trinajstić information content (AvgIpc) is 2.87. The van der Waals surface area contributed by atoms with E-state index < -0.39 is 12.0 Å². The number of hydrogen-bond acceptors (Lipinski definition) is 3. The smallest absolute Gasteiger partial charge is 0.323 e. The van der Waals surface area contributed by atoms with Crippen molar-refractivity contribution >= 4 is 11.9 Å². The van der Waals surface area contributed by atoms with Gasteiger partial charge in [0.1, 0.15) is 6.54 Å². The maximum atomic E-state index is 11.7. The number of fused-ring (bicyclic) bond motifs is 1. The number of amides is 1. The van der Waals surface area contributed by atoms with Crippen molar-refractivity contribution in [3.05, 3.63) is 0 Å². The Balaban J connectivity index is 2.10. The lowest BCUT2D eigenvalue weighted by Gasteiger charge is -2.21. The summed E-state index contributed by atoms with van der Waals surface area (Å²) < 4.78 is 0. The van der Waals surface area contributed by atoms with E-state index in [9.17, 15) is 9.59 Å². The van der Waals surface area contributed by atoms with Gasteiger partial charge in [-0.2, -0.15) is 0 Å². The summed E-state index contributed by atoms with van der Waals surface area (Å²) in [5.74, 6) is -0.664. The van der Waals surface area contributed by atoms with E-state index in [0.29, 0.717) is 12.3 Å². The van der Waals surface area contributed by atoms with Gasteiger partial charge in [-0.25, -0.2) is 0 Å². The summed E-state index contributed by atoms with van der Waals surface area (Å²) in [5, 5.41) is 8.66. The first kappa shape index (κ1) is 9.45. The molecule has 1 aliphatic heterocycles. The number of likely N-dealkylation sites (tertiary alicyclic amines) is 1. The average molecular weight is 198 g/mol. The molecule has 1 saturated carbocycles. The molecule has 14 heavy (non-hydrogen) atoms. The fourth-order valence-corrected chi connectivity index (χ4v) is 2.16. The number of nitrogens with zero attached hydrogens (tertiary/aromatic N) is 1. The molecule has 0 aromatic carbocycles. The van der Waals surface area contributed by atoms with Gasteiger partial charge in [0.05, 0.1) is 6.04 Å². The van der Waals surface area contributed by atoms with E-state index in [1.807, 2.05) is 0 Å². The second-order valence-electron chi connectivity index (χ2n) is 4.11. The van der Waals surface area contributed by atoms with Crippen molar-refractivity contribution in [1.82, 2.24) is 4.90 Å². The van der Waals surface area contributed by atoms with Crippen LogP contribution >= 0.6 is 0 Å². The Morgan fingerprint density at radius 1 is 1.57 bits per heavy atom. The van der Waals surface area contributed by atoms with Gasteiger partial charge in [0.25, 0.3) is 0 Å². The monoisotopic (exact) mass is 198 g/mol. The second-order valence-corrected chi connectivity index (χ2v) is 4.11. The lowest BCUT2D eigenvalue weighted by molar-refractivity contribution is -0.145. The number of rotatable bonds is 2. The molecule has 0 spiro atoms. The van der Waals surface area contributed by atoms with Crippen molar-refractivity contribution < 1.29 is 14.7 Å². The standard InChI is InChI=1S/C9H14N2O3/c10-6-2-1-5-3-7(5)11(9(6)14)4-8(12)13/h5-7H,1-4,10H2,(H,12,13)/t5-,6-,7+/m0/s1. The van der Waals surface area contributed by atoms with Crippen molar-refractivity contribution in [1.29, 1.82) is 0 Å². The first-order chi connectivity index (χ1) is 6.59. The van der Waals surface area contributed by atoms with Gasteiger partial charge < -0.3 is 15.7 Å². The normalized spacial score (nSPS) is 36.2. The van der Waals surface area contributed by atoms with Crippen LogP contribution in [-0.2, 0) is 9.59 Å². The number of hydrogen-bond donors (Lipinski definition) is 2. The Hall–Kier alpha value is -1.10. The summed E-state index contributed by atoms with van der Waals surface area (Å²) in [7, 11) is 0. The Labute approximate surface area is 81.9 Å². The summed E-state index contributed by atoms with van der Waals surface area (Å²) in [4.78, 5) is 23.7. The summed E-state index contributed by atoms with van der Waals surface area (Å²) in [6.07, 6.45) is 2.59. The molecule has 3 N–H and O–H groups in total. The molecule has 0 aromatic heterocycles. The third-order valence-electron chi connectivity index (χ3n) is 3.04. The highest BCUT2D eigenvalue weighted by Crippen LogP contribution is 2.41. The Kier molecular flexibility index (Phi) is 2.19. The maximum Gasteiger partial charge on any atom is 0.323 e. The van der Waals surface area contributed by atoms with Crippen molar-refractivity contribution in [2.24, 2.45) is 11.7 Å². The molecule has 5 nitrogen and oxygen atoms in total. The predicted octanol–water partition coefficient (Wildman–Crippen LogP) is -0.591. The summed E-state index contributed by atoms with van der Waals surface area (Å²) in [6, 6.07) is -0.353. The van der Waals surface area contributed by atoms with E-state index in [0.717, 1.165) is 12.8 Å². The molecule has 2 aliphatic rings. The minimum Gasteiger partial charge on any atom is -0.480 e. The van der Waals surface area contributed by atoms with Crippen LogP contribution in [0.5, 0.6) is 0 Å². The molecule has 2 rings (SSSR count). The number of nitrogens with two attached hydrogens (primary N) is 1. The molecule has 0 radical (unpaired) electrons. The third kappa shape index (κ3) is 1.59. The van der Waals surface area contributed by atoms with Crippen molar-refractivity contribution in [2.45, 2.75) is 31.3 Å². The SMILES string of the molecule is N[C@H]1CC[C@H]2C[C@H]2N(CC(=O)O)C1=O. The van der Waals surface area contributed by atoms with E-state index in [-0.39, 0.29) is 18.5 Å². The van der Waals surface area contributed by atoms with Crippen molar-refractivity contribution in [2.75, 3.05) is 6.54 Å². The minimum atomic E-state index is -0.960. The van der Waals surface area contributed by atoms with Crippen LogP contribution in [0.3, 0.4) is 0 Å². The molecular formula is C9H14N2O3. The van der Waals surface area contributed by atoms with Crippen LogP contribution in [0.15, 0.2) is 0 Å². The number of carboxylic acid groups (broad SMARTS) is 1. The van der Waals surface area contributed by atoms with Gasteiger partial charge in [-0.3, -0.25) is 9.59 Å². The van der Waals surface area contributed by atoms with Crippen LogP contribution < -0.4 is 5.73 Å². The van der Waals surface area contributed by atoms with Gasteiger partial charge in [0, 0.05) is 6.04 Å². The molecule has 1 aliphatic carbocycles. The predicted molar refractivity (Wildman–Crippen MR) is 48.5 cm³/mol. The Morgan fingerprint density at radius 2 is 2.29 bits per heavy atom. The van der Waals surface area contributed by atoms with Crippen LogP contribution in [0.4, 0.5) is 0 Å².